The summed E-state index contributed by atoms with van der Waals surface area (Å²) in [5, 5.41) is 8.20. The van der Waals surface area contributed by atoms with Crippen LogP contribution >= 0.6 is 11.8 Å². The molecule has 1 heterocycles. The molecule has 0 radical (unpaired) electrons. The normalized spacial score (nSPS) is 20.4. The number of anilines is 1. The minimum Gasteiger partial charge on any atom is -0.480 e. The molecule has 0 spiro atoms. The number of hydrogen-bond donors (Lipinski definition) is 1. The number of aliphatic carboxylic acids is 1. The largest absolute Gasteiger partial charge is 0.480 e. The van der Waals surface area contributed by atoms with Crippen molar-refractivity contribution in [2.75, 3.05) is 17.2 Å². The van der Waals surface area contributed by atoms with Gasteiger partial charge in [0.25, 0.3) is 0 Å². The quantitative estimate of drug-likeness (QED) is 0.867. The number of carboxylic acids is 1. The van der Waals surface area contributed by atoms with Gasteiger partial charge in [-0.3, -0.25) is 9.59 Å². The third kappa shape index (κ3) is 2.41. The number of benzene rings is 1. The van der Waals surface area contributed by atoms with Gasteiger partial charge in [0.1, 0.15) is 11.1 Å². The molecule has 1 aromatic rings. The summed E-state index contributed by atoms with van der Waals surface area (Å²) in [6.07, 6.45) is 0. The summed E-state index contributed by atoms with van der Waals surface area (Å²) in [6, 6.07) is 5.86. The smallest absolute Gasteiger partial charge is 0.318 e. The van der Waals surface area contributed by atoms with E-state index in [1.54, 1.807) is 6.07 Å². The molecule has 4 nitrogen and oxygen atoms in total. The number of nitrogens with zero attached hydrogens (tertiary/aromatic N) is 1. The Morgan fingerprint density at radius 2 is 2.18 bits per heavy atom. The molecular formula is C11H10FNO3S. The Morgan fingerprint density at radius 3 is 2.82 bits per heavy atom. The van der Waals surface area contributed by atoms with E-state index in [9.17, 15) is 14.0 Å². The molecule has 90 valence electrons. The number of carboxylic acid groups (broad SMARTS) is 1. The predicted molar refractivity (Wildman–Crippen MR) is 62.6 cm³/mol. The molecule has 0 aromatic heterocycles. The van der Waals surface area contributed by atoms with Crippen molar-refractivity contribution in [2.24, 2.45) is 0 Å². The van der Waals surface area contributed by atoms with Crippen molar-refractivity contribution in [1.82, 2.24) is 0 Å². The molecule has 1 N–H and O–H groups in total. The molecule has 1 unspecified atom stereocenters. The number of amides is 1. The van der Waals surface area contributed by atoms with E-state index in [0.29, 0.717) is 0 Å². The molecule has 1 aromatic carbocycles. The van der Waals surface area contributed by atoms with Crippen molar-refractivity contribution < 1.29 is 19.1 Å². The van der Waals surface area contributed by atoms with Crippen LogP contribution in [-0.2, 0) is 9.59 Å². The van der Waals surface area contributed by atoms with Gasteiger partial charge in [0.2, 0.25) is 5.91 Å². The zero-order chi connectivity index (χ0) is 12.4. The van der Waals surface area contributed by atoms with Gasteiger partial charge in [0, 0.05) is 6.54 Å². The van der Waals surface area contributed by atoms with Gasteiger partial charge in [0.15, 0.2) is 0 Å². The lowest BCUT2D eigenvalue weighted by molar-refractivity contribution is -0.136. The summed E-state index contributed by atoms with van der Waals surface area (Å²) in [4.78, 5) is 23.7. The maximum Gasteiger partial charge on any atom is 0.318 e. The summed E-state index contributed by atoms with van der Waals surface area (Å²) in [5.74, 6) is -1.70. The van der Waals surface area contributed by atoms with Crippen molar-refractivity contribution >= 4 is 29.3 Å². The van der Waals surface area contributed by atoms with Crippen LogP contribution < -0.4 is 4.90 Å². The number of rotatable bonds is 2. The summed E-state index contributed by atoms with van der Waals surface area (Å²) >= 11 is 1.07. The van der Waals surface area contributed by atoms with Crippen molar-refractivity contribution in [1.29, 1.82) is 0 Å². The number of carbonyl (C=O) groups excluding carboxylic acids is 1. The Balaban J connectivity index is 2.27. The van der Waals surface area contributed by atoms with Gasteiger partial charge in [-0.25, -0.2) is 4.39 Å². The molecule has 1 fully saturated rings. The molecule has 1 atom stereocenters. The van der Waals surface area contributed by atoms with E-state index in [0.717, 1.165) is 11.8 Å². The SMILES string of the molecule is O=C(O)C1CN(c2ccccc2F)C(=O)CS1. The van der Waals surface area contributed by atoms with Crippen LogP contribution in [-0.4, -0.2) is 34.5 Å². The van der Waals surface area contributed by atoms with E-state index in [2.05, 4.69) is 0 Å². The number of halogens is 1. The van der Waals surface area contributed by atoms with Crippen LogP contribution in [0.5, 0.6) is 0 Å². The van der Waals surface area contributed by atoms with E-state index in [4.69, 9.17) is 5.11 Å². The summed E-state index contributed by atoms with van der Waals surface area (Å²) in [5.41, 5.74) is 0.143. The maximum atomic E-state index is 13.5. The first kappa shape index (κ1) is 11.9. The molecule has 1 saturated heterocycles. The fourth-order valence-electron chi connectivity index (χ4n) is 1.62. The maximum absolute atomic E-state index is 13.5. The lowest BCUT2D eigenvalue weighted by Crippen LogP contribution is -2.45. The van der Waals surface area contributed by atoms with Crippen LogP contribution in [0.4, 0.5) is 10.1 Å². The standard InChI is InChI=1S/C11H10FNO3S/c12-7-3-1-2-4-8(7)13-5-9(11(15)16)17-6-10(13)14/h1-4,9H,5-6H2,(H,15,16). The number of thioether (sulfide) groups is 1. The first-order valence-electron chi connectivity index (χ1n) is 4.99. The molecule has 1 aliphatic heterocycles. The minimum absolute atomic E-state index is 0.000231. The molecule has 1 amide bonds. The lowest BCUT2D eigenvalue weighted by atomic mass is 10.2. The van der Waals surface area contributed by atoms with Gasteiger partial charge in [-0.05, 0) is 12.1 Å². The zero-order valence-corrected chi connectivity index (χ0v) is 9.61. The van der Waals surface area contributed by atoms with Crippen LogP contribution in [0.1, 0.15) is 0 Å². The van der Waals surface area contributed by atoms with Crippen molar-refractivity contribution in [3.63, 3.8) is 0 Å². The van der Waals surface area contributed by atoms with Gasteiger partial charge in [0.05, 0.1) is 11.4 Å². The van der Waals surface area contributed by atoms with E-state index in [-0.39, 0.29) is 23.9 Å². The van der Waals surface area contributed by atoms with Crippen LogP contribution in [0, 0.1) is 5.82 Å². The Morgan fingerprint density at radius 1 is 1.47 bits per heavy atom. The van der Waals surface area contributed by atoms with Gasteiger partial charge in [-0.2, -0.15) is 0 Å². The number of para-hydroxylation sites is 1. The highest BCUT2D eigenvalue weighted by atomic mass is 32.2. The van der Waals surface area contributed by atoms with Crippen molar-refractivity contribution in [3.8, 4) is 0 Å². The van der Waals surface area contributed by atoms with Gasteiger partial charge >= 0.3 is 5.97 Å². The van der Waals surface area contributed by atoms with Crippen LogP contribution in [0.2, 0.25) is 0 Å². The fraction of sp³-hybridized carbons (Fsp3) is 0.273. The van der Waals surface area contributed by atoms with E-state index < -0.39 is 17.0 Å². The predicted octanol–water partition coefficient (Wildman–Crippen LogP) is 1.36. The monoisotopic (exact) mass is 255 g/mol. The summed E-state index contributed by atoms with van der Waals surface area (Å²) < 4.78 is 13.5. The molecule has 0 saturated carbocycles. The second-order valence-corrected chi connectivity index (χ2v) is 4.78. The van der Waals surface area contributed by atoms with Gasteiger partial charge in [-0.1, -0.05) is 12.1 Å². The molecule has 6 heteroatoms. The Labute approximate surface area is 101 Å². The molecule has 17 heavy (non-hydrogen) atoms. The third-order valence-corrected chi connectivity index (χ3v) is 3.64. The molecule has 2 rings (SSSR count). The minimum atomic E-state index is -0.983. The summed E-state index contributed by atoms with van der Waals surface area (Å²) in [7, 11) is 0. The highest BCUT2D eigenvalue weighted by Gasteiger charge is 2.32. The molecule has 0 aliphatic carbocycles. The van der Waals surface area contributed by atoms with Gasteiger partial charge < -0.3 is 10.0 Å². The average molecular weight is 255 g/mol. The van der Waals surface area contributed by atoms with Crippen molar-refractivity contribution in [3.05, 3.63) is 30.1 Å². The lowest BCUT2D eigenvalue weighted by Gasteiger charge is -2.30. The van der Waals surface area contributed by atoms with E-state index in [1.807, 2.05) is 0 Å². The highest BCUT2D eigenvalue weighted by molar-refractivity contribution is 8.01. The molecular weight excluding hydrogens is 245 g/mol. The zero-order valence-electron chi connectivity index (χ0n) is 8.80. The topological polar surface area (TPSA) is 57.6 Å². The first-order valence-corrected chi connectivity index (χ1v) is 6.04. The van der Waals surface area contributed by atoms with Gasteiger partial charge in [-0.15, -0.1) is 11.8 Å². The second kappa shape index (κ2) is 4.75. The second-order valence-electron chi connectivity index (χ2n) is 3.59. The number of hydrogen-bond acceptors (Lipinski definition) is 3. The Hall–Kier alpha value is -1.56. The molecule has 0 bridgehead atoms. The Kier molecular flexibility index (Phi) is 3.33. The third-order valence-electron chi connectivity index (χ3n) is 2.48. The average Bonchev–Trinajstić information content (AvgIpc) is 2.30. The Bertz CT molecular complexity index is 466. The van der Waals surface area contributed by atoms with E-state index >= 15 is 0 Å². The van der Waals surface area contributed by atoms with E-state index in [1.165, 1.54) is 23.1 Å². The van der Waals surface area contributed by atoms with Crippen LogP contribution in [0.15, 0.2) is 24.3 Å². The fourth-order valence-corrected chi connectivity index (χ4v) is 2.52. The van der Waals surface area contributed by atoms with Crippen LogP contribution in [0.3, 0.4) is 0 Å². The number of carbonyl (C=O) groups is 2. The highest BCUT2D eigenvalue weighted by Crippen LogP contribution is 2.26. The van der Waals surface area contributed by atoms with Crippen LogP contribution in [0.25, 0.3) is 0 Å². The summed E-state index contributed by atoms with van der Waals surface area (Å²) in [6.45, 7) is -0.000231. The first-order chi connectivity index (χ1) is 8.09. The van der Waals surface area contributed by atoms with Crippen molar-refractivity contribution in [2.45, 2.75) is 5.25 Å². The molecule has 1 aliphatic rings.